The van der Waals surface area contributed by atoms with Gasteiger partial charge in [-0.25, -0.2) is 15.0 Å². The third kappa shape index (κ3) is 7.17. The average molecular weight is 1010 g/mol. The maximum absolute atomic E-state index is 5.68. The zero-order chi connectivity index (χ0) is 51.3. The number of rotatable bonds is 7. The van der Waals surface area contributed by atoms with Crippen molar-refractivity contribution in [3.63, 3.8) is 0 Å². The van der Waals surface area contributed by atoms with Crippen LogP contribution in [0.3, 0.4) is 0 Å². The molecule has 0 bridgehead atoms. The third-order valence-electron chi connectivity index (χ3n) is 15.8. The largest absolute Gasteiger partial charge is 0.307 e. The van der Waals surface area contributed by atoms with Crippen molar-refractivity contribution in [2.24, 2.45) is 0 Å². The van der Waals surface area contributed by atoms with Crippen molar-refractivity contribution in [1.82, 2.24) is 19.5 Å². The second kappa shape index (κ2) is 17.8. The number of fused-ring (bicyclic) bond motifs is 11. The van der Waals surface area contributed by atoms with Gasteiger partial charge < -0.3 is 4.57 Å². The molecule has 0 aliphatic heterocycles. The summed E-state index contributed by atoms with van der Waals surface area (Å²) in [5, 5.41) is 14.1. The minimum absolute atomic E-state index is 0.598. The van der Waals surface area contributed by atoms with Crippen molar-refractivity contribution in [2.45, 2.75) is 0 Å². The zero-order valence-corrected chi connectivity index (χ0v) is 42.9. The van der Waals surface area contributed by atoms with Crippen LogP contribution in [0.4, 0.5) is 0 Å². The second-order valence-corrected chi connectivity index (χ2v) is 21.3. The molecule has 0 fully saturated rings. The topological polar surface area (TPSA) is 43.6 Å². The van der Waals surface area contributed by atoms with E-state index in [0.717, 1.165) is 76.7 Å². The first-order valence-corrected chi connectivity index (χ1v) is 27.3. The first kappa shape index (κ1) is 44.2. The fourth-order valence-corrected chi connectivity index (χ4v) is 13.3. The van der Waals surface area contributed by atoms with Gasteiger partial charge in [-0.2, -0.15) is 0 Å². The Kier molecular flexibility index (Phi) is 10.1. The highest BCUT2D eigenvalue weighted by molar-refractivity contribution is 7.26. The lowest BCUT2D eigenvalue weighted by molar-refractivity contribution is 1.08. The number of hydrogen-bond donors (Lipinski definition) is 0. The molecule has 0 N–H and O–H groups in total. The molecular weight excluding hydrogens is 965 g/mol. The molecule has 0 amide bonds. The van der Waals surface area contributed by atoms with E-state index >= 15 is 0 Å². The summed E-state index contributed by atoms with van der Waals surface area (Å²) >= 11 is 1.79. The van der Waals surface area contributed by atoms with E-state index in [1.54, 1.807) is 11.3 Å². The maximum atomic E-state index is 5.68. The molecule has 5 heteroatoms. The molecule has 0 aliphatic carbocycles. The summed E-state index contributed by atoms with van der Waals surface area (Å²) in [5.74, 6) is 1.83. The fourth-order valence-electron chi connectivity index (χ4n) is 12.1. The Bertz CT molecular complexity index is 5090. The average Bonchev–Trinajstić information content (AvgIpc) is 4.25. The molecule has 78 heavy (non-hydrogen) atoms. The molecule has 0 atom stereocenters. The van der Waals surface area contributed by atoms with E-state index in [2.05, 4.69) is 271 Å². The lowest BCUT2D eigenvalue weighted by Gasteiger charge is -2.21. The molecule has 13 aromatic carbocycles. The maximum Gasteiger partial charge on any atom is 0.165 e. The highest BCUT2D eigenvalue weighted by Crippen LogP contribution is 2.48. The molecule has 16 aromatic rings. The van der Waals surface area contributed by atoms with Gasteiger partial charge in [0.15, 0.2) is 17.5 Å². The van der Waals surface area contributed by atoms with Gasteiger partial charge in [-0.15, -0.1) is 11.3 Å². The van der Waals surface area contributed by atoms with Crippen molar-refractivity contribution in [3.05, 3.63) is 267 Å². The van der Waals surface area contributed by atoms with Crippen LogP contribution in [0.5, 0.6) is 0 Å². The molecule has 362 valence electrons. The first-order valence-electron chi connectivity index (χ1n) is 26.5. The van der Waals surface area contributed by atoms with Crippen molar-refractivity contribution in [2.75, 3.05) is 0 Å². The van der Waals surface area contributed by atoms with Crippen LogP contribution in [-0.2, 0) is 0 Å². The summed E-state index contributed by atoms with van der Waals surface area (Å²) in [6, 6.07) is 96.9. The quantitative estimate of drug-likeness (QED) is 0.160. The monoisotopic (exact) mass is 1010 g/mol. The molecule has 4 nitrogen and oxygen atoms in total. The molecule has 0 saturated heterocycles. The van der Waals surface area contributed by atoms with E-state index in [-0.39, 0.29) is 0 Å². The van der Waals surface area contributed by atoms with Crippen molar-refractivity contribution < 1.29 is 0 Å². The van der Waals surface area contributed by atoms with E-state index < -0.39 is 0 Å². The Morgan fingerprint density at radius 2 is 0.833 bits per heavy atom. The molecule has 16 rings (SSSR count). The Morgan fingerprint density at radius 3 is 1.63 bits per heavy atom. The van der Waals surface area contributed by atoms with Crippen LogP contribution >= 0.6 is 11.3 Å². The highest BCUT2D eigenvalue weighted by atomic mass is 32.1. The normalized spacial score (nSPS) is 11.8. The van der Waals surface area contributed by atoms with Crippen LogP contribution in [0, 0.1) is 0 Å². The lowest BCUT2D eigenvalue weighted by Crippen LogP contribution is -2.04. The second-order valence-electron chi connectivity index (χ2n) is 20.3. The summed E-state index contributed by atoms with van der Waals surface area (Å²) in [5.41, 5.74) is 12.8. The Balaban J connectivity index is 1.07. The van der Waals surface area contributed by atoms with Crippen LogP contribution < -0.4 is 0 Å². The third-order valence-corrected chi connectivity index (χ3v) is 17.0. The van der Waals surface area contributed by atoms with Gasteiger partial charge in [0.05, 0.1) is 16.7 Å². The van der Waals surface area contributed by atoms with E-state index in [4.69, 9.17) is 15.0 Å². The number of thiophene rings is 1. The van der Waals surface area contributed by atoms with E-state index in [1.807, 2.05) is 0 Å². The number of aromatic nitrogens is 4. The number of nitrogens with zero attached hydrogens (tertiary/aromatic N) is 4. The molecule has 0 saturated carbocycles. The minimum atomic E-state index is 0.598. The summed E-state index contributed by atoms with van der Waals surface area (Å²) in [7, 11) is 0. The summed E-state index contributed by atoms with van der Waals surface area (Å²) in [4.78, 5) is 16.8. The number of hydrogen-bond acceptors (Lipinski definition) is 4. The van der Waals surface area contributed by atoms with Gasteiger partial charge in [0.25, 0.3) is 0 Å². The Labute approximate surface area is 453 Å². The number of benzene rings is 13. The molecule has 3 heterocycles. The predicted octanol–water partition coefficient (Wildman–Crippen LogP) is 20.0. The molecule has 0 aliphatic rings. The van der Waals surface area contributed by atoms with Crippen LogP contribution in [0.15, 0.2) is 267 Å². The summed E-state index contributed by atoms with van der Waals surface area (Å²) in [6.07, 6.45) is 0. The van der Waals surface area contributed by atoms with Crippen molar-refractivity contribution in [3.8, 4) is 73.2 Å². The molecular formula is C73H44N4S. The SMILES string of the molecule is c1ccc(-c2cccc(-c3nc(-c4cc(-c5ccc6ccccc6c5)c(-n5c6cc7ccccc7cc6c6ccc7ccccc7c65)c5ccc(-c6ccccc6)cc45)nc(-c4cccc5c4sc4ccccc45)n3)c2)cc1. The van der Waals surface area contributed by atoms with E-state index in [1.165, 1.54) is 64.1 Å². The zero-order valence-electron chi connectivity index (χ0n) is 42.1. The molecule has 3 aromatic heterocycles. The van der Waals surface area contributed by atoms with E-state index in [0.29, 0.717) is 17.5 Å². The molecule has 0 spiro atoms. The Hall–Kier alpha value is -10.1. The van der Waals surface area contributed by atoms with Crippen LogP contribution in [-0.4, -0.2) is 19.5 Å². The standard InChI is InChI=1S/C73H44N4S/c1-3-17-45(18-4-1)50-26-15-27-55(40-50)71-74-72(61-31-16-30-60-57-29-13-14-32-67(57)78-70(60)61)76-73(75-71)65-44-62(54-34-33-47-21-7-8-23-49(47)39-54)69(58-38-36-53(41-63(58)65)46-19-5-2-6-20-46)77-66-43-52-25-10-9-24-51(52)42-64(66)59-37-35-48-22-11-12-28-56(48)68(59)77/h1-44H. The lowest BCUT2D eigenvalue weighted by atomic mass is 9.90. The van der Waals surface area contributed by atoms with Crippen molar-refractivity contribution in [1.29, 1.82) is 0 Å². The molecule has 0 unspecified atom stereocenters. The van der Waals surface area contributed by atoms with Gasteiger partial charge in [0.2, 0.25) is 0 Å². The van der Waals surface area contributed by atoms with Gasteiger partial charge in [-0.3, -0.25) is 0 Å². The van der Waals surface area contributed by atoms with Crippen LogP contribution in [0.25, 0.3) is 158 Å². The Morgan fingerprint density at radius 1 is 0.269 bits per heavy atom. The van der Waals surface area contributed by atoms with Gasteiger partial charge >= 0.3 is 0 Å². The smallest absolute Gasteiger partial charge is 0.165 e. The van der Waals surface area contributed by atoms with Crippen molar-refractivity contribution >= 4 is 96.4 Å². The highest BCUT2D eigenvalue weighted by Gasteiger charge is 2.26. The predicted molar refractivity (Wildman–Crippen MR) is 330 cm³/mol. The van der Waals surface area contributed by atoms with Crippen LogP contribution in [0.2, 0.25) is 0 Å². The van der Waals surface area contributed by atoms with Gasteiger partial charge in [0, 0.05) is 64.0 Å². The summed E-state index contributed by atoms with van der Waals surface area (Å²) < 4.78 is 4.94. The van der Waals surface area contributed by atoms with E-state index in [9.17, 15) is 0 Å². The first-order chi connectivity index (χ1) is 38.6. The molecule has 0 radical (unpaired) electrons. The van der Waals surface area contributed by atoms with Gasteiger partial charge in [0.1, 0.15) is 0 Å². The van der Waals surface area contributed by atoms with Gasteiger partial charge in [-0.1, -0.05) is 218 Å². The minimum Gasteiger partial charge on any atom is -0.307 e. The van der Waals surface area contributed by atoms with Gasteiger partial charge in [-0.05, 0) is 109 Å². The summed E-state index contributed by atoms with van der Waals surface area (Å²) in [6.45, 7) is 0. The van der Waals surface area contributed by atoms with Crippen LogP contribution in [0.1, 0.15) is 0 Å². The fraction of sp³-hybridized carbons (Fsp3) is 0.